The van der Waals surface area contributed by atoms with Crippen LogP contribution in [0, 0.1) is 16.7 Å². The second kappa shape index (κ2) is 3.62. The van der Waals surface area contributed by atoms with E-state index in [1.54, 1.807) is 0 Å². The molecule has 54 valence electrons. The maximum Gasteiger partial charge on any atom is 0.220 e. The van der Waals surface area contributed by atoms with Gasteiger partial charge in [-0.15, -0.1) is 0 Å². The van der Waals surface area contributed by atoms with Gasteiger partial charge in [-0.2, -0.15) is 0 Å². The van der Waals surface area contributed by atoms with Crippen LogP contribution in [0.1, 0.15) is 12.8 Å². The fourth-order valence-electron chi connectivity index (χ4n) is 0.992. The fourth-order valence-corrected chi connectivity index (χ4v) is 1.15. The van der Waals surface area contributed by atoms with Crippen molar-refractivity contribution in [2.24, 2.45) is 5.92 Å². The molecule has 0 saturated carbocycles. The number of halogens is 1. The first kappa shape index (κ1) is 7.62. The molecule has 1 atom stereocenters. The van der Waals surface area contributed by atoms with Crippen molar-refractivity contribution in [2.75, 3.05) is 6.54 Å². The average molecular weight is 202 g/mol. The molecule has 1 amide bonds. The number of carbonyl (C=O) groups is 1. The van der Waals surface area contributed by atoms with E-state index in [0.717, 1.165) is 13.0 Å². The quantitative estimate of drug-likeness (QED) is 0.628. The molecule has 0 bridgehead atoms. The molecule has 1 fully saturated rings. The van der Waals surface area contributed by atoms with Gasteiger partial charge in [-0.25, -0.2) is 0 Å². The van der Waals surface area contributed by atoms with Gasteiger partial charge < -0.3 is 5.32 Å². The van der Waals surface area contributed by atoms with Gasteiger partial charge in [0.1, 0.15) is 0 Å². The van der Waals surface area contributed by atoms with Crippen LogP contribution in [0.2, 0.25) is 0 Å². The molecule has 0 aromatic heterocycles. The molecule has 0 spiro atoms. The first-order valence-corrected chi connectivity index (χ1v) is 3.97. The van der Waals surface area contributed by atoms with Crippen LogP contribution in [-0.4, -0.2) is 12.5 Å². The van der Waals surface area contributed by atoms with E-state index < -0.39 is 0 Å². The smallest absolute Gasteiger partial charge is 0.220 e. The second-order valence-corrected chi connectivity index (χ2v) is 2.75. The van der Waals surface area contributed by atoms with Crippen LogP contribution in [0.15, 0.2) is 0 Å². The minimum absolute atomic E-state index is 0.154. The van der Waals surface area contributed by atoms with Gasteiger partial charge in [0.05, 0.1) is 0 Å². The van der Waals surface area contributed by atoms with E-state index in [-0.39, 0.29) is 5.91 Å². The Morgan fingerprint density at radius 3 is 3.10 bits per heavy atom. The first-order chi connectivity index (χ1) is 4.83. The van der Waals surface area contributed by atoms with Gasteiger partial charge in [0.2, 0.25) is 5.91 Å². The average Bonchev–Trinajstić information content (AvgIpc) is 2.31. The monoisotopic (exact) mass is 201 g/mol. The highest BCUT2D eigenvalue weighted by Gasteiger charge is 2.19. The Kier molecular flexibility index (Phi) is 2.76. The predicted octanol–water partition coefficient (Wildman–Crippen LogP) is 0.868. The van der Waals surface area contributed by atoms with Crippen molar-refractivity contribution < 1.29 is 4.79 Å². The molecule has 1 N–H and O–H groups in total. The predicted molar refractivity (Wildman–Crippen MR) is 42.4 cm³/mol. The van der Waals surface area contributed by atoms with Crippen molar-refractivity contribution in [1.82, 2.24) is 5.32 Å². The van der Waals surface area contributed by atoms with Gasteiger partial charge in [0, 0.05) is 35.3 Å². The summed E-state index contributed by atoms with van der Waals surface area (Å²) >= 11 is 3.01. The molecule has 1 aliphatic heterocycles. The van der Waals surface area contributed by atoms with E-state index in [1.807, 2.05) is 0 Å². The molecule has 0 aliphatic carbocycles. The van der Waals surface area contributed by atoms with Crippen LogP contribution >= 0.6 is 15.9 Å². The third kappa shape index (κ3) is 2.03. The molecule has 0 radical (unpaired) electrons. The van der Waals surface area contributed by atoms with Crippen LogP contribution in [0.3, 0.4) is 0 Å². The Balaban J connectivity index is 2.29. The molecule has 0 aromatic rings. The van der Waals surface area contributed by atoms with Crippen molar-refractivity contribution in [3.63, 3.8) is 0 Å². The van der Waals surface area contributed by atoms with E-state index in [1.165, 1.54) is 0 Å². The molecule has 1 rings (SSSR count). The molecule has 10 heavy (non-hydrogen) atoms. The topological polar surface area (TPSA) is 29.1 Å². The van der Waals surface area contributed by atoms with Gasteiger partial charge in [0.25, 0.3) is 0 Å². The van der Waals surface area contributed by atoms with Gasteiger partial charge in [0.15, 0.2) is 0 Å². The molecule has 1 heterocycles. The number of rotatable bonds is 1. The maximum atomic E-state index is 10.6. The van der Waals surface area contributed by atoms with Gasteiger partial charge in [-0.3, -0.25) is 4.79 Å². The molecular formula is C7H8BrNO. The lowest BCUT2D eigenvalue weighted by molar-refractivity contribution is -0.119. The fraction of sp³-hybridized carbons (Fsp3) is 0.571. The van der Waals surface area contributed by atoms with Crippen LogP contribution in [0.4, 0.5) is 0 Å². The van der Waals surface area contributed by atoms with E-state index in [4.69, 9.17) is 0 Å². The summed E-state index contributed by atoms with van der Waals surface area (Å²) < 4.78 is 0. The molecule has 0 aromatic carbocycles. The highest BCUT2D eigenvalue weighted by atomic mass is 79.9. The SMILES string of the molecule is O=C1CC(CC#CBr)CN1. The summed E-state index contributed by atoms with van der Waals surface area (Å²) in [7, 11) is 0. The summed E-state index contributed by atoms with van der Waals surface area (Å²) in [5.41, 5.74) is 0. The summed E-state index contributed by atoms with van der Waals surface area (Å²) in [6.45, 7) is 0.792. The third-order valence-electron chi connectivity index (χ3n) is 1.52. The van der Waals surface area contributed by atoms with Gasteiger partial charge in [-0.05, 0) is 10.7 Å². The minimum atomic E-state index is 0.154. The zero-order valence-electron chi connectivity index (χ0n) is 5.48. The molecule has 3 heteroatoms. The van der Waals surface area contributed by atoms with Crippen molar-refractivity contribution in [2.45, 2.75) is 12.8 Å². The van der Waals surface area contributed by atoms with Gasteiger partial charge >= 0.3 is 0 Å². The Bertz CT molecular complexity index is 192. The maximum absolute atomic E-state index is 10.6. The summed E-state index contributed by atoms with van der Waals surface area (Å²) in [5, 5.41) is 2.76. The standard InChI is InChI=1S/C7H8BrNO/c8-3-1-2-6-4-7(10)9-5-6/h6H,2,4-5H2,(H,9,10). The van der Waals surface area contributed by atoms with Crippen LogP contribution in [0.25, 0.3) is 0 Å². The van der Waals surface area contributed by atoms with Crippen LogP contribution < -0.4 is 5.32 Å². The van der Waals surface area contributed by atoms with Gasteiger partial charge in [-0.1, -0.05) is 5.92 Å². The van der Waals surface area contributed by atoms with E-state index >= 15 is 0 Å². The van der Waals surface area contributed by atoms with Crippen molar-refractivity contribution in [3.8, 4) is 10.8 Å². The van der Waals surface area contributed by atoms with Crippen molar-refractivity contribution in [1.29, 1.82) is 0 Å². The largest absolute Gasteiger partial charge is 0.356 e. The number of nitrogens with one attached hydrogen (secondary N) is 1. The Hall–Kier alpha value is -0.490. The second-order valence-electron chi connectivity index (χ2n) is 2.35. The zero-order valence-corrected chi connectivity index (χ0v) is 7.07. The van der Waals surface area contributed by atoms with Crippen LogP contribution in [0.5, 0.6) is 0 Å². The Labute approximate surface area is 68.5 Å². The molecule has 1 aliphatic rings. The normalized spacial score (nSPS) is 23.3. The summed E-state index contributed by atoms with van der Waals surface area (Å²) in [4.78, 5) is 13.3. The van der Waals surface area contributed by atoms with E-state index in [2.05, 4.69) is 32.0 Å². The molecule has 1 saturated heterocycles. The first-order valence-electron chi connectivity index (χ1n) is 3.18. The lowest BCUT2D eigenvalue weighted by Gasteiger charge is -1.97. The Morgan fingerprint density at radius 2 is 2.60 bits per heavy atom. The number of amides is 1. The molecule has 2 nitrogen and oxygen atoms in total. The summed E-state index contributed by atoms with van der Waals surface area (Å²) in [5.74, 6) is 3.47. The van der Waals surface area contributed by atoms with E-state index in [9.17, 15) is 4.79 Å². The molecular weight excluding hydrogens is 194 g/mol. The van der Waals surface area contributed by atoms with Crippen LogP contribution in [-0.2, 0) is 4.79 Å². The van der Waals surface area contributed by atoms with Crippen molar-refractivity contribution >= 4 is 21.8 Å². The highest BCUT2D eigenvalue weighted by Crippen LogP contribution is 2.11. The van der Waals surface area contributed by atoms with Crippen molar-refractivity contribution in [3.05, 3.63) is 0 Å². The number of hydrogen-bond donors (Lipinski definition) is 1. The zero-order chi connectivity index (χ0) is 7.40. The number of carbonyl (C=O) groups excluding carboxylic acids is 1. The lowest BCUT2D eigenvalue weighted by atomic mass is 10.1. The molecule has 1 unspecified atom stereocenters. The summed E-state index contributed by atoms with van der Waals surface area (Å²) in [6, 6.07) is 0. The number of hydrogen-bond acceptors (Lipinski definition) is 1. The lowest BCUT2D eigenvalue weighted by Crippen LogP contribution is -2.13. The minimum Gasteiger partial charge on any atom is -0.356 e. The highest BCUT2D eigenvalue weighted by molar-refractivity contribution is 9.12. The third-order valence-corrected chi connectivity index (χ3v) is 1.80. The van der Waals surface area contributed by atoms with E-state index in [0.29, 0.717) is 12.3 Å². The summed E-state index contributed by atoms with van der Waals surface area (Å²) in [6.07, 6.45) is 1.45. The Morgan fingerprint density at radius 1 is 1.80 bits per heavy atom.